The maximum Gasteiger partial charge on any atom is 0.416 e. The molecule has 0 unspecified atom stereocenters. The summed E-state index contributed by atoms with van der Waals surface area (Å²) in [5, 5.41) is 2.71. The van der Waals surface area contributed by atoms with Gasteiger partial charge in [0.25, 0.3) is 5.91 Å². The van der Waals surface area contributed by atoms with E-state index in [1.54, 1.807) is 19.9 Å². The predicted molar refractivity (Wildman–Crippen MR) is 113 cm³/mol. The van der Waals surface area contributed by atoms with Crippen molar-refractivity contribution in [3.05, 3.63) is 65.2 Å². The fraction of sp³-hybridized carbons (Fsp3) is 0.409. The van der Waals surface area contributed by atoms with Gasteiger partial charge in [-0.3, -0.25) is 4.79 Å². The molecule has 1 fully saturated rings. The minimum Gasteiger partial charge on any atom is -0.379 e. The number of halogens is 3. The van der Waals surface area contributed by atoms with Crippen LogP contribution in [-0.2, 0) is 26.4 Å². The van der Waals surface area contributed by atoms with Gasteiger partial charge in [0.2, 0.25) is 10.0 Å². The molecule has 0 atom stereocenters. The molecule has 0 aromatic heterocycles. The van der Waals surface area contributed by atoms with Crippen LogP contribution >= 0.6 is 0 Å². The van der Waals surface area contributed by atoms with Crippen molar-refractivity contribution in [2.45, 2.75) is 30.3 Å². The molecule has 10 heteroatoms. The third-order valence-corrected chi connectivity index (χ3v) is 7.26. The summed E-state index contributed by atoms with van der Waals surface area (Å²) in [6.45, 7) is 4.61. The second-order valence-electron chi connectivity index (χ2n) is 8.19. The minimum absolute atomic E-state index is 0.00388. The Morgan fingerprint density at radius 1 is 1.03 bits per heavy atom. The van der Waals surface area contributed by atoms with Gasteiger partial charge >= 0.3 is 6.18 Å². The lowest BCUT2D eigenvalue weighted by Gasteiger charge is -2.27. The molecule has 1 saturated heterocycles. The van der Waals surface area contributed by atoms with Gasteiger partial charge in [-0.15, -0.1) is 0 Å². The maximum absolute atomic E-state index is 13.0. The molecule has 0 saturated carbocycles. The Hall–Kier alpha value is -2.43. The summed E-state index contributed by atoms with van der Waals surface area (Å²) in [4.78, 5) is 12.7. The van der Waals surface area contributed by atoms with Crippen molar-refractivity contribution in [2.24, 2.45) is 0 Å². The lowest BCUT2D eigenvalue weighted by atomic mass is 9.83. The van der Waals surface area contributed by atoms with E-state index >= 15 is 0 Å². The quantitative estimate of drug-likeness (QED) is 0.702. The summed E-state index contributed by atoms with van der Waals surface area (Å²) in [6.07, 6.45) is -4.46. The van der Waals surface area contributed by atoms with E-state index in [0.717, 1.165) is 12.1 Å². The van der Waals surface area contributed by atoms with Crippen molar-refractivity contribution in [1.29, 1.82) is 0 Å². The van der Waals surface area contributed by atoms with Gasteiger partial charge in [0.1, 0.15) is 0 Å². The molecule has 0 bridgehead atoms. The molecule has 0 aliphatic carbocycles. The number of alkyl halides is 3. The number of amides is 1. The molecule has 174 valence electrons. The first-order valence-electron chi connectivity index (χ1n) is 10.1. The number of benzene rings is 2. The highest BCUT2D eigenvalue weighted by Crippen LogP contribution is 2.32. The SMILES string of the molecule is CC(C)(CNC(=O)c1cccc(S(=O)(=O)N2CCOCC2)c1)c1cccc(C(F)(F)F)c1. The standard InChI is InChI=1S/C22H25F3N2O4S/c1-21(2,17-6-4-7-18(14-17)22(23,24)25)15-26-20(28)16-5-3-8-19(13-16)32(29,30)27-9-11-31-12-10-27/h3-8,13-14H,9-12,15H2,1-2H3,(H,26,28). The molecule has 1 amide bonds. The van der Waals surface area contributed by atoms with Crippen LogP contribution in [0.25, 0.3) is 0 Å². The molecule has 1 aliphatic heterocycles. The number of nitrogens with one attached hydrogen (secondary N) is 1. The zero-order chi connectivity index (χ0) is 23.6. The molecule has 1 aliphatic rings. The number of ether oxygens (including phenoxy) is 1. The second-order valence-corrected chi connectivity index (χ2v) is 10.1. The average molecular weight is 471 g/mol. The Balaban J connectivity index is 1.73. The molecule has 0 spiro atoms. The molecule has 32 heavy (non-hydrogen) atoms. The van der Waals surface area contributed by atoms with Gasteiger partial charge in [0.05, 0.1) is 23.7 Å². The van der Waals surface area contributed by atoms with E-state index in [1.807, 2.05) is 0 Å². The highest BCUT2D eigenvalue weighted by molar-refractivity contribution is 7.89. The second kappa shape index (κ2) is 9.21. The number of sulfonamides is 1. The summed E-state index contributed by atoms with van der Waals surface area (Å²) >= 11 is 0. The van der Waals surface area contributed by atoms with E-state index in [4.69, 9.17) is 4.74 Å². The first kappa shape index (κ1) is 24.2. The van der Waals surface area contributed by atoms with E-state index in [2.05, 4.69) is 5.32 Å². The molecule has 0 radical (unpaired) electrons. The number of hydrogen-bond donors (Lipinski definition) is 1. The van der Waals surface area contributed by atoms with E-state index in [1.165, 1.54) is 34.6 Å². The van der Waals surface area contributed by atoms with Gasteiger partial charge in [-0.1, -0.05) is 38.1 Å². The fourth-order valence-corrected chi connectivity index (χ4v) is 4.81. The van der Waals surface area contributed by atoms with Crippen molar-refractivity contribution in [1.82, 2.24) is 9.62 Å². The van der Waals surface area contributed by atoms with Gasteiger partial charge in [0.15, 0.2) is 0 Å². The third-order valence-electron chi connectivity index (χ3n) is 5.37. The minimum atomic E-state index is -4.46. The lowest BCUT2D eigenvalue weighted by molar-refractivity contribution is -0.137. The summed E-state index contributed by atoms with van der Waals surface area (Å²) in [5.41, 5.74) is -0.958. The zero-order valence-electron chi connectivity index (χ0n) is 17.8. The molecule has 1 N–H and O–H groups in total. The number of carbonyl (C=O) groups is 1. The molecule has 2 aromatic carbocycles. The Morgan fingerprint density at radius 3 is 2.31 bits per heavy atom. The molecular formula is C22H25F3N2O4S. The maximum atomic E-state index is 13.0. The van der Waals surface area contributed by atoms with Gasteiger partial charge in [0, 0.05) is 30.6 Å². The van der Waals surface area contributed by atoms with Crippen molar-refractivity contribution in [2.75, 3.05) is 32.8 Å². The zero-order valence-corrected chi connectivity index (χ0v) is 18.6. The summed E-state index contributed by atoms with van der Waals surface area (Å²) in [5.74, 6) is -0.510. The van der Waals surface area contributed by atoms with Gasteiger partial charge in [-0.2, -0.15) is 17.5 Å². The van der Waals surface area contributed by atoms with E-state index < -0.39 is 33.1 Å². The predicted octanol–water partition coefficient (Wildman–Crippen LogP) is 3.43. The third kappa shape index (κ3) is 5.48. The normalized spacial score (nSPS) is 16.0. The van der Waals surface area contributed by atoms with E-state index in [0.29, 0.717) is 18.8 Å². The number of hydrogen-bond acceptors (Lipinski definition) is 4. The van der Waals surface area contributed by atoms with Crippen LogP contribution in [0.1, 0.15) is 35.3 Å². The summed E-state index contributed by atoms with van der Waals surface area (Å²) in [7, 11) is -3.76. The molecule has 2 aromatic rings. The van der Waals surface area contributed by atoms with Gasteiger partial charge in [-0.25, -0.2) is 8.42 Å². The average Bonchev–Trinajstić information content (AvgIpc) is 2.77. The Morgan fingerprint density at radius 2 is 1.66 bits per heavy atom. The van der Waals surface area contributed by atoms with Crippen LogP contribution in [0.2, 0.25) is 0 Å². The monoisotopic (exact) mass is 470 g/mol. The van der Waals surface area contributed by atoms with Crippen molar-refractivity contribution in [3.8, 4) is 0 Å². The van der Waals surface area contributed by atoms with Crippen molar-refractivity contribution in [3.63, 3.8) is 0 Å². The van der Waals surface area contributed by atoms with Crippen LogP contribution in [0.15, 0.2) is 53.4 Å². The molecule has 6 nitrogen and oxygen atoms in total. The Labute approximate surface area is 185 Å². The van der Waals surface area contributed by atoms with Crippen LogP contribution in [0.4, 0.5) is 13.2 Å². The van der Waals surface area contributed by atoms with Crippen LogP contribution in [0.3, 0.4) is 0 Å². The lowest BCUT2D eigenvalue weighted by Crippen LogP contribution is -2.40. The number of rotatable bonds is 6. The molecule has 3 rings (SSSR count). The Bertz CT molecular complexity index is 1080. The van der Waals surface area contributed by atoms with Crippen LogP contribution in [0.5, 0.6) is 0 Å². The topological polar surface area (TPSA) is 75.7 Å². The largest absolute Gasteiger partial charge is 0.416 e. The first-order valence-corrected chi connectivity index (χ1v) is 11.5. The number of nitrogens with zero attached hydrogens (tertiary/aromatic N) is 1. The van der Waals surface area contributed by atoms with Gasteiger partial charge in [-0.05, 0) is 29.8 Å². The van der Waals surface area contributed by atoms with Crippen LogP contribution < -0.4 is 5.32 Å². The van der Waals surface area contributed by atoms with Crippen LogP contribution in [-0.4, -0.2) is 51.5 Å². The van der Waals surface area contributed by atoms with Gasteiger partial charge < -0.3 is 10.1 Å². The Kier molecular flexibility index (Phi) is 6.97. The summed E-state index contributed by atoms with van der Waals surface area (Å²) in [6, 6.07) is 10.7. The van der Waals surface area contributed by atoms with Crippen molar-refractivity contribution >= 4 is 15.9 Å². The van der Waals surface area contributed by atoms with Crippen LogP contribution in [0, 0.1) is 0 Å². The fourth-order valence-electron chi connectivity index (χ4n) is 3.36. The highest BCUT2D eigenvalue weighted by Gasteiger charge is 2.32. The molecular weight excluding hydrogens is 445 g/mol. The number of carbonyl (C=O) groups excluding carboxylic acids is 1. The smallest absolute Gasteiger partial charge is 0.379 e. The summed E-state index contributed by atoms with van der Waals surface area (Å²) < 4.78 is 71.2. The van der Waals surface area contributed by atoms with Crippen molar-refractivity contribution < 1.29 is 31.1 Å². The number of morpholine rings is 1. The first-order chi connectivity index (χ1) is 14.9. The molecule has 1 heterocycles. The highest BCUT2D eigenvalue weighted by atomic mass is 32.2. The van der Waals surface area contributed by atoms with E-state index in [9.17, 15) is 26.4 Å². The van der Waals surface area contributed by atoms with E-state index in [-0.39, 0.29) is 30.1 Å².